The number of aromatic amines is 1. The summed E-state index contributed by atoms with van der Waals surface area (Å²) < 4.78 is 5.45. The molecule has 17 heteroatoms. The number of H-pyrrole nitrogens is 1. The summed E-state index contributed by atoms with van der Waals surface area (Å²) in [5.74, 6) is -3.09. The summed E-state index contributed by atoms with van der Waals surface area (Å²) in [5, 5.41) is 32.9. The highest BCUT2D eigenvalue weighted by Gasteiger charge is 2.32. The molecule has 1 aliphatic carbocycles. The summed E-state index contributed by atoms with van der Waals surface area (Å²) in [4.78, 5) is 75.7. The molecule has 5 aromatic rings. The van der Waals surface area contributed by atoms with Crippen LogP contribution in [0.1, 0.15) is 68.9 Å². The Morgan fingerprint density at radius 3 is 2.27 bits per heavy atom. The molecule has 0 unspecified atom stereocenters. The quantitative estimate of drug-likeness (QED) is 0.0236. The lowest BCUT2D eigenvalue weighted by molar-refractivity contribution is -0.134. The third-order valence-electron chi connectivity index (χ3n) is 13.4. The van der Waals surface area contributed by atoms with Gasteiger partial charge in [-0.3, -0.25) is 29.4 Å². The van der Waals surface area contributed by atoms with Gasteiger partial charge in [0.25, 0.3) is 0 Å². The molecule has 2 heterocycles. The number of nitrogens with zero attached hydrogens (tertiary/aromatic N) is 1. The number of nitrogens with one attached hydrogen (secondary N) is 7. The topological polar surface area (TPSA) is 270 Å². The van der Waals surface area contributed by atoms with Crippen LogP contribution in [0.25, 0.3) is 22.0 Å². The van der Waals surface area contributed by atoms with Gasteiger partial charge < -0.3 is 57.8 Å². The minimum Gasteiger partial charge on any atom is -0.508 e. The number of unbranched alkanes of at least 4 members (excludes halogenated alkanes) is 1. The first kappa shape index (κ1) is 51.6. The summed E-state index contributed by atoms with van der Waals surface area (Å²) in [7, 11) is 0. The first-order valence-corrected chi connectivity index (χ1v) is 24.8. The first-order chi connectivity index (χ1) is 34.4. The van der Waals surface area contributed by atoms with Crippen molar-refractivity contribution in [1.29, 1.82) is 5.41 Å². The van der Waals surface area contributed by atoms with Crippen LogP contribution in [0, 0.1) is 17.2 Å². The van der Waals surface area contributed by atoms with E-state index >= 15 is 0 Å². The number of Topliss-reactive ketones (excluding diaryl/α,β-unsaturated/α-hetero) is 1. The maximum atomic E-state index is 14.8. The molecule has 7 rings (SSSR count). The number of phenolic OH excluding ortho intramolecular Hbond substituents is 1. The van der Waals surface area contributed by atoms with E-state index in [-0.39, 0.29) is 68.1 Å². The Kier molecular flexibility index (Phi) is 18.6. The molecule has 1 saturated carbocycles. The van der Waals surface area contributed by atoms with Crippen LogP contribution in [0.15, 0.2) is 103 Å². The molecule has 376 valence electrons. The van der Waals surface area contributed by atoms with E-state index < -0.39 is 41.6 Å². The number of hydrogen-bond donors (Lipinski definition) is 10. The highest BCUT2D eigenvalue weighted by atomic mass is 16.5. The maximum absolute atomic E-state index is 14.8. The smallest absolute Gasteiger partial charge is 0.243 e. The number of amides is 4. The van der Waals surface area contributed by atoms with Crippen LogP contribution >= 0.6 is 0 Å². The summed E-state index contributed by atoms with van der Waals surface area (Å²) in [6, 6.07) is 27.7. The lowest BCUT2D eigenvalue weighted by Crippen LogP contribution is -2.55. The van der Waals surface area contributed by atoms with Crippen molar-refractivity contribution in [2.75, 3.05) is 49.6 Å². The molecule has 0 radical (unpaired) electrons. The van der Waals surface area contributed by atoms with Gasteiger partial charge in [0.05, 0.1) is 19.8 Å². The van der Waals surface area contributed by atoms with Gasteiger partial charge in [0.2, 0.25) is 23.6 Å². The van der Waals surface area contributed by atoms with Gasteiger partial charge in [-0.1, -0.05) is 61.0 Å². The van der Waals surface area contributed by atoms with Gasteiger partial charge >= 0.3 is 0 Å². The molecule has 2 fully saturated rings. The van der Waals surface area contributed by atoms with Gasteiger partial charge in [0.15, 0.2) is 5.96 Å². The molecule has 4 aromatic carbocycles. The first-order valence-electron chi connectivity index (χ1n) is 24.8. The number of anilines is 2. The van der Waals surface area contributed by atoms with Gasteiger partial charge in [-0.15, -0.1) is 0 Å². The molecule has 17 nitrogen and oxygen atoms in total. The third-order valence-corrected chi connectivity index (χ3v) is 13.4. The molecule has 1 aliphatic heterocycles. The number of ether oxygens (including phenoxy) is 1. The number of morpholine rings is 1. The Labute approximate surface area is 414 Å². The molecule has 4 amide bonds. The normalized spacial score (nSPS) is 17.1. The van der Waals surface area contributed by atoms with E-state index in [2.05, 4.69) is 36.5 Å². The van der Waals surface area contributed by atoms with Gasteiger partial charge in [-0.25, -0.2) is 0 Å². The lowest BCUT2D eigenvalue weighted by atomic mass is 9.81. The highest BCUT2D eigenvalue weighted by molar-refractivity contribution is 5.97. The zero-order chi connectivity index (χ0) is 50.1. The van der Waals surface area contributed by atoms with Crippen molar-refractivity contribution in [1.82, 2.24) is 26.3 Å². The van der Waals surface area contributed by atoms with Gasteiger partial charge in [-0.2, -0.15) is 0 Å². The minimum absolute atomic E-state index is 0.0407. The van der Waals surface area contributed by atoms with Crippen LogP contribution in [0.3, 0.4) is 0 Å². The summed E-state index contributed by atoms with van der Waals surface area (Å²) in [6.45, 7) is 2.84. The zero-order valence-corrected chi connectivity index (χ0v) is 40.2. The number of guanidine groups is 1. The maximum Gasteiger partial charge on any atom is 0.243 e. The number of phenols is 1. The van der Waals surface area contributed by atoms with Crippen LogP contribution in [0.5, 0.6) is 5.75 Å². The molecule has 12 N–H and O–H groups in total. The van der Waals surface area contributed by atoms with Crippen LogP contribution < -0.4 is 43.0 Å². The number of aromatic hydroxyl groups is 1. The number of hydrogen-bond acceptors (Lipinski definition) is 10. The van der Waals surface area contributed by atoms with Gasteiger partial charge in [0.1, 0.15) is 23.6 Å². The van der Waals surface area contributed by atoms with Crippen LogP contribution in [-0.4, -0.2) is 103 Å². The standard InChI is InChI=1S/C54H68N10O7/c55-41-10-6-9-38(31-41)49(66)23-16-39(30-40-33-59-46-22-21-44(65)32-45(40)46)51(68)63-48(29-35-12-14-37(15-13-35)36-7-2-1-3-8-36)53(70)62-47(11-4-5-24-58-54(56)57)52(69)60-34-50(67)61-42-17-19-43(20-18-42)64-25-27-71-28-26-64/h1-3,7-8,12-15,17-22,32-33,38-39,41,47-48,59,65H,4-6,9-11,16,23-31,34,55H2,(H,60,69)(H,61,67)(H,62,70)(H,63,68)(H4,56,57,58)/t38-,39-,41-,47-,48-/m0/s1. The third kappa shape index (κ3) is 15.4. The predicted octanol–water partition coefficient (Wildman–Crippen LogP) is 5.02. The van der Waals surface area contributed by atoms with Crippen molar-refractivity contribution in [2.45, 2.75) is 88.8 Å². The number of ketones is 1. The number of rotatable bonds is 23. The van der Waals surface area contributed by atoms with Crippen molar-refractivity contribution in [3.63, 3.8) is 0 Å². The van der Waals surface area contributed by atoms with E-state index in [1.165, 1.54) is 0 Å². The van der Waals surface area contributed by atoms with Crippen LogP contribution in [0.4, 0.5) is 11.4 Å². The molecular weight excluding hydrogens is 901 g/mol. The molecular formula is C54H68N10O7. The SMILES string of the molecule is N=C(N)NCCCC[C@H](NC(=O)[C@H](Cc1ccc(-c2ccccc2)cc1)NC(=O)[C@@H](CCC(=O)[C@H]1CCC[C@H](N)C1)Cc1c[nH]c2ccc(O)cc12)C(=O)NCC(=O)Nc1ccc(N2CCOCC2)cc1. The van der Waals surface area contributed by atoms with Gasteiger partial charge in [0, 0.05) is 78.8 Å². The molecule has 71 heavy (non-hydrogen) atoms. The minimum atomic E-state index is -1.16. The number of benzene rings is 4. The molecule has 5 atom stereocenters. The number of carbonyl (C=O) groups is 5. The highest BCUT2D eigenvalue weighted by Crippen LogP contribution is 2.30. The second-order valence-electron chi connectivity index (χ2n) is 18.7. The van der Waals surface area contributed by atoms with E-state index in [4.69, 9.17) is 21.6 Å². The Hall–Kier alpha value is -7.24. The molecule has 1 saturated heterocycles. The molecule has 2 aliphatic rings. The van der Waals surface area contributed by atoms with E-state index in [1.807, 2.05) is 66.7 Å². The Bertz CT molecular complexity index is 2580. The summed E-state index contributed by atoms with van der Waals surface area (Å²) >= 11 is 0. The Balaban J connectivity index is 1.09. The monoisotopic (exact) mass is 969 g/mol. The van der Waals surface area contributed by atoms with E-state index in [0.29, 0.717) is 44.7 Å². The van der Waals surface area contributed by atoms with E-state index in [9.17, 15) is 29.1 Å². The summed E-state index contributed by atoms with van der Waals surface area (Å²) in [6.07, 6.45) is 6.69. The van der Waals surface area contributed by atoms with E-state index in [1.54, 1.807) is 36.5 Å². The zero-order valence-electron chi connectivity index (χ0n) is 40.2. The van der Waals surface area contributed by atoms with Crippen molar-refractivity contribution in [2.24, 2.45) is 23.3 Å². The second kappa shape index (κ2) is 25.6. The fourth-order valence-corrected chi connectivity index (χ4v) is 9.48. The van der Waals surface area contributed by atoms with Crippen molar-refractivity contribution < 1.29 is 33.8 Å². The summed E-state index contributed by atoms with van der Waals surface area (Å²) in [5.41, 5.74) is 17.6. The predicted molar refractivity (Wildman–Crippen MR) is 276 cm³/mol. The molecule has 0 bridgehead atoms. The second-order valence-corrected chi connectivity index (χ2v) is 18.7. The fourth-order valence-electron chi connectivity index (χ4n) is 9.48. The van der Waals surface area contributed by atoms with Crippen molar-refractivity contribution in [3.8, 4) is 16.9 Å². The molecule has 1 aromatic heterocycles. The largest absolute Gasteiger partial charge is 0.508 e. The van der Waals surface area contributed by atoms with E-state index in [0.717, 1.165) is 71.2 Å². The number of nitrogens with two attached hydrogens (primary N) is 2. The fraction of sp³-hybridized carbons (Fsp3) is 0.407. The molecule has 0 spiro atoms. The van der Waals surface area contributed by atoms with Crippen molar-refractivity contribution in [3.05, 3.63) is 114 Å². The average molecular weight is 969 g/mol. The number of carbonyl (C=O) groups excluding carboxylic acids is 5. The van der Waals surface area contributed by atoms with Gasteiger partial charge in [-0.05, 0) is 116 Å². The lowest BCUT2D eigenvalue weighted by Gasteiger charge is -2.28. The Morgan fingerprint density at radius 1 is 0.803 bits per heavy atom. The Morgan fingerprint density at radius 2 is 1.54 bits per heavy atom. The average Bonchev–Trinajstić information content (AvgIpc) is 3.78. The van der Waals surface area contributed by atoms with Crippen molar-refractivity contribution >= 4 is 57.6 Å². The number of fused-ring (bicyclic) bond motifs is 1. The van der Waals surface area contributed by atoms with Crippen LogP contribution in [0.2, 0.25) is 0 Å². The van der Waals surface area contributed by atoms with Crippen LogP contribution in [-0.2, 0) is 41.6 Å². The number of aromatic nitrogens is 1.